The molecule has 0 amide bonds. The average Bonchev–Trinajstić information content (AvgIpc) is 3.07. The summed E-state index contributed by atoms with van der Waals surface area (Å²) in [6, 6.07) is 1.69. The molecule has 2 aliphatic heterocycles. The lowest BCUT2D eigenvalue weighted by molar-refractivity contribution is 0.00714. The smallest absolute Gasteiger partial charge is 0.253 e. The number of likely N-dealkylation sites (tertiary alicyclic amines) is 1. The number of rotatable bonds is 5. The third kappa shape index (κ3) is 4.05. The highest BCUT2D eigenvalue weighted by atomic mass is 16.5. The van der Waals surface area contributed by atoms with Gasteiger partial charge in [-0.1, -0.05) is 13.8 Å². The molecule has 2 aliphatic rings. The van der Waals surface area contributed by atoms with E-state index in [2.05, 4.69) is 28.8 Å². The summed E-state index contributed by atoms with van der Waals surface area (Å²) in [7, 11) is 2.01. The summed E-state index contributed by atoms with van der Waals surface area (Å²) in [5.41, 5.74) is 3.50. The van der Waals surface area contributed by atoms with Gasteiger partial charge in [-0.15, -0.1) is 0 Å². The van der Waals surface area contributed by atoms with E-state index in [0.29, 0.717) is 5.92 Å². The van der Waals surface area contributed by atoms with Crippen LogP contribution in [0.25, 0.3) is 0 Å². The minimum Gasteiger partial charge on any atom is -0.372 e. The fraction of sp³-hybridized carbons (Fsp3) is 0.667. The molecule has 1 atom stereocenters. The number of ether oxygens (including phenoxy) is 1. The molecule has 28 heavy (non-hydrogen) atoms. The van der Waals surface area contributed by atoms with Gasteiger partial charge in [-0.3, -0.25) is 14.0 Å². The standard InChI is InChI=1S/C21H31N5O2/c1-15(2)18-10-21(27)26(14-22-18)12-16-4-7-25(8-5-16)13-20-17-11-23-24(3)19(17)6-9-28-20/h10-11,14-16,20H,4-9,12-13H2,1-3H3. The first-order chi connectivity index (χ1) is 13.5. The highest BCUT2D eigenvalue weighted by Crippen LogP contribution is 2.29. The van der Waals surface area contributed by atoms with E-state index in [0.717, 1.165) is 57.7 Å². The second kappa shape index (κ2) is 8.17. The highest BCUT2D eigenvalue weighted by molar-refractivity contribution is 5.23. The number of fused-ring (bicyclic) bond motifs is 1. The van der Waals surface area contributed by atoms with Crippen LogP contribution in [-0.4, -0.2) is 50.5 Å². The van der Waals surface area contributed by atoms with Crippen LogP contribution in [0, 0.1) is 5.92 Å². The number of aromatic nitrogens is 4. The Morgan fingerprint density at radius 1 is 1.25 bits per heavy atom. The Bertz CT molecular complexity index is 864. The summed E-state index contributed by atoms with van der Waals surface area (Å²) in [6.45, 7) is 8.69. The highest BCUT2D eigenvalue weighted by Gasteiger charge is 2.28. The first-order valence-electron chi connectivity index (χ1n) is 10.4. The molecule has 4 rings (SSSR count). The van der Waals surface area contributed by atoms with Crippen LogP contribution < -0.4 is 5.56 Å². The molecule has 1 fully saturated rings. The van der Waals surface area contributed by atoms with E-state index in [4.69, 9.17) is 4.74 Å². The Morgan fingerprint density at radius 3 is 2.75 bits per heavy atom. The van der Waals surface area contributed by atoms with Gasteiger partial charge in [0.25, 0.3) is 5.56 Å². The molecule has 0 radical (unpaired) electrons. The Morgan fingerprint density at radius 2 is 2.04 bits per heavy atom. The third-order valence-electron chi connectivity index (χ3n) is 6.18. The summed E-state index contributed by atoms with van der Waals surface area (Å²) in [6.07, 6.45) is 6.97. The predicted molar refractivity (Wildman–Crippen MR) is 107 cm³/mol. The van der Waals surface area contributed by atoms with Crippen LogP contribution in [0.15, 0.2) is 23.4 Å². The van der Waals surface area contributed by atoms with E-state index in [-0.39, 0.29) is 17.6 Å². The summed E-state index contributed by atoms with van der Waals surface area (Å²) in [4.78, 5) is 19.3. The maximum Gasteiger partial charge on any atom is 0.253 e. The van der Waals surface area contributed by atoms with Gasteiger partial charge in [-0.05, 0) is 37.8 Å². The molecule has 2 aromatic rings. The first kappa shape index (κ1) is 19.3. The quantitative estimate of drug-likeness (QED) is 0.789. The number of aryl methyl sites for hydroxylation is 1. The predicted octanol–water partition coefficient (Wildman–Crippen LogP) is 2.13. The number of hydrogen-bond donors (Lipinski definition) is 0. The van der Waals surface area contributed by atoms with Gasteiger partial charge in [0.15, 0.2) is 0 Å². The molecule has 0 aliphatic carbocycles. The fourth-order valence-electron chi connectivity index (χ4n) is 4.35. The molecule has 0 bridgehead atoms. The average molecular weight is 386 g/mol. The molecule has 1 saturated heterocycles. The largest absolute Gasteiger partial charge is 0.372 e. The maximum absolute atomic E-state index is 12.4. The molecule has 7 heteroatoms. The molecule has 0 aromatic carbocycles. The van der Waals surface area contributed by atoms with Crippen molar-refractivity contribution < 1.29 is 4.74 Å². The van der Waals surface area contributed by atoms with Crippen LogP contribution in [0.1, 0.15) is 55.7 Å². The molecular formula is C21H31N5O2. The molecule has 1 unspecified atom stereocenters. The van der Waals surface area contributed by atoms with Crippen molar-refractivity contribution in [3.05, 3.63) is 45.9 Å². The zero-order chi connectivity index (χ0) is 19.7. The van der Waals surface area contributed by atoms with E-state index < -0.39 is 0 Å². The van der Waals surface area contributed by atoms with Crippen LogP contribution >= 0.6 is 0 Å². The number of piperidine rings is 1. The molecule has 152 valence electrons. The van der Waals surface area contributed by atoms with Crippen molar-refractivity contribution in [2.24, 2.45) is 13.0 Å². The topological polar surface area (TPSA) is 65.2 Å². The SMILES string of the molecule is CC(C)c1cc(=O)n(CC2CCN(CC3OCCc4c3cnn4C)CC2)cn1. The van der Waals surface area contributed by atoms with E-state index in [9.17, 15) is 4.79 Å². The second-order valence-corrected chi connectivity index (χ2v) is 8.48. The summed E-state index contributed by atoms with van der Waals surface area (Å²) in [5.74, 6) is 0.815. The zero-order valence-corrected chi connectivity index (χ0v) is 17.2. The Kier molecular flexibility index (Phi) is 5.64. The minimum atomic E-state index is 0.0702. The fourth-order valence-corrected chi connectivity index (χ4v) is 4.35. The van der Waals surface area contributed by atoms with Crippen molar-refractivity contribution in [1.29, 1.82) is 0 Å². The lowest BCUT2D eigenvalue weighted by atomic mass is 9.95. The van der Waals surface area contributed by atoms with Gasteiger partial charge >= 0.3 is 0 Å². The molecule has 4 heterocycles. The van der Waals surface area contributed by atoms with Crippen LogP contribution in [-0.2, 0) is 24.8 Å². The van der Waals surface area contributed by atoms with Gasteiger partial charge in [-0.2, -0.15) is 5.10 Å². The molecule has 0 saturated carbocycles. The van der Waals surface area contributed by atoms with Crippen molar-refractivity contribution in [2.75, 3.05) is 26.2 Å². The van der Waals surface area contributed by atoms with E-state index in [1.165, 1.54) is 11.3 Å². The van der Waals surface area contributed by atoms with Crippen molar-refractivity contribution in [2.45, 2.75) is 51.7 Å². The van der Waals surface area contributed by atoms with E-state index in [1.54, 1.807) is 17.0 Å². The number of hydrogen-bond acceptors (Lipinski definition) is 5. The van der Waals surface area contributed by atoms with Gasteiger partial charge in [0.05, 0.1) is 30.9 Å². The normalized spacial score (nSPS) is 21.2. The zero-order valence-electron chi connectivity index (χ0n) is 17.2. The van der Waals surface area contributed by atoms with Crippen molar-refractivity contribution in [1.82, 2.24) is 24.2 Å². The van der Waals surface area contributed by atoms with Crippen LogP contribution in [0.2, 0.25) is 0 Å². The third-order valence-corrected chi connectivity index (χ3v) is 6.18. The van der Waals surface area contributed by atoms with Crippen LogP contribution in [0.5, 0.6) is 0 Å². The van der Waals surface area contributed by atoms with E-state index in [1.807, 2.05) is 17.9 Å². The Hall–Kier alpha value is -1.99. The van der Waals surface area contributed by atoms with Gasteiger partial charge in [0.1, 0.15) is 0 Å². The molecule has 0 spiro atoms. The van der Waals surface area contributed by atoms with Crippen molar-refractivity contribution in [3.8, 4) is 0 Å². The van der Waals surface area contributed by atoms with Crippen molar-refractivity contribution >= 4 is 0 Å². The van der Waals surface area contributed by atoms with E-state index >= 15 is 0 Å². The van der Waals surface area contributed by atoms with Crippen LogP contribution in [0.3, 0.4) is 0 Å². The monoisotopic (exact) mass is 385 g/mol. The molecule has 2 aromatic heterocycles. The molecular weight excluding hydrogens is 354 g/mol. The van der Waals surface area contributed by atoms with Crippen LogP contribution in [0.4, 0.5) is 0 Å². The molecule has 0 N–H and O–H groups in total. The molecule has 7 nitrogen and oxygen atoms in total. The van der Waals surface area contributed by atoms with Gasteiger partial charge < -0.3 is 9.64 Å². The lowest BCUT2D eigenvalue weighted by Crippen LogP contribution is -2.39. The maximum atomic E-state index is 12.4. The Labute approximate surface area is 166 Å². The second-order valence-electron chi connectivity index (χ2n) is 8.48. The van der Waals surface area contributed by atoms with Gasteiger partial charge in [0, 0.05) is 43.9 Å². The summed E-state index contributed by atoms with van der Waals surface area (Å²) < 4.78 is 9.80. The van der Waals surface area contributed by atoms with Gasteiger partial charge in [-0.25, -0.2) is 4.98 Å². The minimum absolute atomic E-state index is 0.0702. The summed E-state index contributed by atoms with van der Waals surface area (Å²) >= 11 is 0. The van der Waals surface area contributed by atoms with Gasteiger partial charge in [0.2, 0.25) is 0 Å². The summed E-state index contributed by atoms with van der Waals surface area (Å²) in [5, 5.41) is 4.41. The van der Waals surface area contributed by atoms with Crippen molar-refractivity contribution in [3.63, 3.8) is 0 Å². The number of nitrogens with zero attached hydrogens (tertiary/aromatic N) is 5. The Balaban J connectivity index is 1.31. The first-order valence-corrected chi connectivity index (χ1v) is 10.4. The lowest BCUT2D eigenvalue weighted by Gasteiger charge is -2.35.